The van der Waals surface area contributed by atoms with Crippen LogP contribution < -0.4 is 0 Å². The molecule has 5 rings (SSSR count). The van der Waals surface area contributed by atoms with E-state index in [-0.39, 0.29) is 49.6 Å². The van der Waals surface area contributed by atoms with Gasteiger partial charge in [0.1, 0.15) is 11.6 Å². The number of halogens is 2. The number of fused-ring (bicyclic) bond motifs is 1. The maximum absolute atomic E-state index is 14.0. The van der Waals surface area contributed by atoms with E-state index in [1.165, 1.54) is 10.7 Å². The van der Waals surface area contributed by atoms with Crippen LogP contribution >= 0.6 is 0 Å². The van der Waals surface area contributed by atoms with E-state index in [2.05, 4.69) is 4.98 Å². The van der Waals surface area contributed by atoms with E-state index in [9.17, 15) is 22.0 Å². The largest absolute Gasteiger partial charge is 0.443 e. The van der Waals surface area contributed by atoms with Crippen molar-refractivity contribution in [2.75, 3.05) is 6.54 Å². The van der Waals surface area contributed by atoms with Crippen LogP contribution in [0.15, 0.2) is 58.2 Å². The van der Waals surface area contributed by atoms with Gasteiger partial charge in [-0.1, -0.05) is 23.8 Å². The van der Waals surface area contributed by atoms with Gasteiger partial charge in [-0.2, -0.15) is 4.31 Å². The molecular weight excluding hydrogens is 488 g/mol. The first kappa shape index (κ1) is 24.8. The Kier molecular flexibility index (Phi) is 6.59. The number of amides is 1. The zero-order valence-corrected chi connectivity index (χ0v) is 20.9. The number of sulfonamides is 1. The average molecular weight is 518 g/mol. The number of hydrogen-bond acceptors (Lipinski definition) is 5. The number of oxazole rings is 1. The fourth-order valence-electron chi connectivity index (χ4n) is 5.23. The highest BCUT2D eigenvalue weighted by Crippen LogP contribution is 2.37. The van der Waals surface area contributed by atoms with Crippen LogP contribution in [0.1, 0.15) is 49.7 Å². The van der Waals surface area contributed by atoms with Gasteiger partial charge in [-0.15, -0.1) is 0 Å². The Labute approximate surface area is 209 Å². The van der Waals surface area contributed by atoms with E-state index in [0.29, 0.717) is 23.9 Å². The van der Waals surface area contributed by atoms with Crippen molar-refractivity contribution in [1.82, 2.24) is 14.2 Å². The predicted octanol–water partition coefficient (Wildman–Crippen LogP) is 4.90. The molecule has 2 heterocycles. The van der Waals surface area contributed by atoms with Crippen LogP contribution in [0.5, 0.6) is 0 Å². The summed E-state index contributed by atoms with van der Waals surface area (Å²) < 4.78 is 61.4. The second-order valence-electron chi connectivity index (χ2n) is 9.79. The fraction of sp³-hybridized carbons (Fsp3) is 0.462. The van der Waals surface area contributed by atoms with E-state index < -0.39 is 28.0 Å². The number of hydrogen-bond donors (Lipinski definition) is 0. The van der Waals surface area contributed by atoms with Gasteiger partial charge in [-0.05, 0) is 62.4 Å². The molecule has 7 nitrogen and oxygen atoms in total. The molecule has 0 spiro atoms. The summed E-state index contributed by atoms with van der Waals surface area (Å²) in [5, 5.41) is 0. The fourth-order valence-corrected chi connectivity index (χ4v) is 6.88. The number of carbonyl (C=O) groups is 1. The molecule has 0 unspecified atom stereocenters. The smallest absolute Gasteiger partial charge is 0.248 e. The van der Waals surface area contributed by atoms with Crippen molar-refractivity contribution in [3.05, 3.63) is 60.0 Å². The quantitative estimate of drug-likeness (QED) is 0.465. The molecule has 1 amide bonds. The molecular formula is C26H29F2N3O4S. The maximum Gasteiger partial charge on any atom is 0.248 e. The van der Waals surface area contributed by atoms with E-state index in [1.807, 2.05) is 19.1 Å². The normalized spacial score (nSPS) is 21.1. The van der Waals surface area contributed by atoms with Gasteiger partial charge in [-0.25, -0.2) is 22.2 Å². The molecule has 0 bridgehead atoms. The number of aryl methyl sites for hydroxylation is 1. The summed E-state index contributed by atoms with van der Waals surface area (Å²) in [6, 6.07) is 10.7. The first-order valence-electron chi connectivity index (χ1n) is 12.2. The Balaban J connectivity index is 1.44. The zero-order chi connectivity index (χ0) is 25.5. The molecule has 1 atom stereocenters. The molecule has 36 heavy (non-hydrogen) atoms. The SMILES string of the molecule is Cc1ccc(S(=O)(=O)N2CCC[C@H]2C(=O)N(Cc2ccc3ocnc3c2)C2CCC(F)(F)CC2)cc1. The minimum absolute atomic E-state index is 0.146. The van der Waals surface area contributed by atoms with Gasteiger partial charge in [0.2, 0.25) is 21.9 Å². The van der Waals surface area contributed by atoms with E-state index in [4.69, 9.17) is 4.42 Å². The topological polar surface area (TPSA) is 83.7 Å². The molecule has 0 radical (unpaired) electrons. The standard InChI is InChI=1S/C26H29F2N3O4S/c1-18-4-7-21(8-5-18)36(33,34)31-14-2-3-23(31)25(32)30(20-10-12-26(27,28)13-11-20)16-19-6-9-24-22(15-19)29-17-35-24/h4-9,15,17,20,23H,2-3,10-14,16H2,1H3/t23-/m0/s1. The Morgan fingerprint density at radius 3 is 2.58 bits per heavy atom. The highest BCUT2D eigenvalue weighted by molar-refractivity contribution is 7.89. The van der Waals surface area contributed by atoms with Crippen molar-refractivity contribution in [3.63, 3.8) is 0 Å². The van der Waals surface area contributed by atoms with Gasteiger partial charge in [-0.3, -0.25) is 4.79 Å². The predicted molar refractivity (Wildman–Crippen MR) is 130 cm³/mol. The lowest BCUT2D eigenvalue weighted by Crippen LogP contribution is -2.52. The summed E-state index contributed by atoms with van der Waals surface area (Å²) >= 11 is 0. The van der Waals surface area contributed by atoms with Crippen LogP contribution in [-0.4, -0.2) is 53.1 Å². The number of alkyl halides is 2. The number of aromatic nitrogens is 1. The van der Waals surface area contributed by atoms with Crippen molar-refractivity contribution in [2.24, 2.45) is 0 Å². The minimum atomic E-state index is -3.88. The van der Waals surface area contributed by atoms with E-state index in [1.54, 1.807) is 35.2 Å². The van der Waals surface area contributed by atoms with Crippen molar-refractivity contribution in [2.45, 2.75) is 74.9 Å². The lowest BCUT2D eigenvalue weighted by Gasteiger charge is -2.39. The van der Waals surface area contributed by atoms with Crippen LogP contribution in [0, 0.1) is 6.92 Å². The third-order valence-electron chi connectivity index (χ3n) is 7.27. The molecule has 0 N–H and O–H groups in total. The van der Waals surface area contributed by atoms with E-state index in [0.717, 1.165) is 11.1 Å². The third-order valence-corrected chi connectivity index (χ3v) is 9.20. The minimum Gasteiger partial charge on any atom is -0.443 e. The van der Waals surface area contributed by atoms with Crippen molar-refractivity contribution in [3.8, 4) is 0 Å². The summed E-state index contributed by atoms with van der Waals surface area (Å²) in [6.45, 7) is 2.31. The zero-order valence-electron chi connectivity index (χ0n) is 20.1. The summed E-state index contributed by atoms with van der Waals surface area (Å²) in [5.41, 5.74) is 2.97. The summed E-state index contributed by atoms with van der Waals surface area (Å²) in [5.74, 6) is -3.07. The second kappa shape index (κ2) is 9.55. The molecule has 1 aromatic heterocycles. The highest BCUT2D eigenvalue weighted by Gasteiger charge is 2.44. The summed E-state index contributed by atoms with van der Waals surface area (Å²) in [6.07, 6.45) is 2.05. The van der Waals surface area contributed by atoms with Gasteiger partial charge in [0.15, 0.2) is 12.0 Å². The third kappa shape index (κ3) is 4.88. The van der Waals surface area contributed by atoms with Gasteiger partial charge >= 0.3 is 0 Å². The Hall–Kier alpha value is -2.85. The molecule has 1 aliphatic heterocycles. The number of nitrogens with zero attached hydrogens (tertiary/aromatic N) is 3. The average Bonchev–Trinajstić information content (AvgIpc) is 3.52. The van der Waals surface area contributed by atoms with Gasteiger partial charge in [0.25, 0.3) is 0 Å². The van der Waals surface area contributed by atoms with Crippen LogP contribution in [0.2, 0.25) is 0 Å². The van der Waals surface area contributed by atoms with Gasteiger partial charge < -0.3 is 9.32 Å². The summed E-state index contributed by atoms with van der Waals surface area (Å²) in [4.78, 5) is 19.9. The van der Waals surface area contributed by atoms with Crippen molar-refractivity contribution in [1.29, 1.82) is 0 Å². The number of carbonyl (C=O) groups excluding carboxylic acids is 1. The first-order chi connectivity index (χ1) is 17.1. The Bertz CT molecular complexity index is 1350. The molecule has 2 aromatic carbocycles. The molecule has 1 saturated carbocycles. The van der Waals surface area contributed by atoms with Crippen molar-refractivity contribution < 1.29 is 26.4 Å². The molecule has 3 aromatic rings. The van der Waals surface area contributed by atoms with Crippen molar-refractivity contribution >= 4 is 27.0 Å². The summed E-state index contributed by atoms with van der Waals surface area (Å²) in [7, 11) is -3.88. The monoisotopic (exact) mass is 517 g/mol. The van der Waals surface area contributed by atoms with Crippen LogP contribution in [0.25, 0.3) is 11.1 Å². The Morgan fingerprint density at radius 1 is 1.14 bits per heavy atom. The maximum atomic E-state index is 14.0. The highest BCUT2D eigenvalue weighted by atomic mass is 32.2. The van der Waals surface area contributed by atoms with Gasteiger partial charge in [0.05, 0.1) is 4.90 Å². The molecule has 10 heteroatoms. The molecule has 2 fully saturated rings. The van der Waals surface area contributed by atoms with Gasteiger partial charge in [0, 0.05) is 32.0 Å². The molecule has 1 aliphatic carbocycles. The first-order valence-corrected chi connectivity index (χ1v) is 13.7. The van der Waals surface area contributed by atoms with E-state index >= 15 is 0 Å². The molecule has 2 aliphatic rings. The van der Waals surface area contributed by atoms with Crippen LogP contribution in [0.4, 0.5) is 8.78 Å². The Morgan fingerprint density at radius 2 is 1.86 bits per heavy atom. The lowest BCUT2D eigenvalue weighted by molar-refractivity contribution is -0.141. The molecule has 192 valence electrons. The van der Waals surface area contributed by atoms with Crippen LogP contribution in [-0.2, 0) is 21.4 Å². The van der Waals surface area contributed by atoms with Crippen LogP contribution in [0.3, 0.4) is 0 Å². The molecule has 1 saturated heterocycles. The number of rotatable bonds is 6. The lowest BCUT2D eigenvalue weighted by atomic mass is 9.90. The second-order valence-corrected chi connectivity index (χ2v) is 11.7. The number of benzene rings is 2.